The van der Waals surface area contributed by atoms with Crippen molar-refractivity contribution in [3.8, 4) is 0 Å². The molecule has 1 heterocycles. The molecule has 0 amide bonds. The Morgan fingerprint density at radius 1 is 1.20 bits per heavy atom. The number of rotatable bonds is 7. The fraction of sp³-hybridized carbons (Fsp3) is 0.682. The van der Waals surface area contributed by atoms with Gasteiger partial charge in [0.2, 0.25) is 0 Å². The van der Waals surface area contributed by atoms with Crippen molar-refractivity contribution in [2.75, 3.05) is 41.8 Å². The number of benzene rings is 1. The van der Waals surface area contributed by atoms with E-state index in [9.17, 15) is 4.21 Å². The maximum Gasteiger partial charge on any atom is 0.191 e. The first kappa shape index (κ1) is 25.8. The third-order valence-corrected chi connectivity index (χ3v) is 8.38. The summed E-state index contributed by atoms with van der Waals surface area (Å²) in [5, 5.41) is 7.30. The van der Waals surface area contributed by atoms with E-state index in [1.807, 2.05) is 18.7 Å². The van der Waals surface area contributed by atoms with Crippen molar-refractivity contribution in [1.82, 2.24) is 10.6 Å². The third kappa shape index (κ3) is 7.89. The van der Waals surface area contributed by atoms with Crippen LogP contribution in [0.15, 0.2) is 29.3 Å². The van der Waals surface area contributed by atoms with Crippen LogP contribution in [0.25, 0.3) is 0 Å². The molecule has 2 N–H and O–H groups in total. The van der Waals surface area contributed by atoms with Gasteiger partial charge in [-0.2, -0.15) is 11.8 Å². The van der Waals surface area contributed by atoms with E-state index in [1.165, 1.54) is 22.8 Å². The van der Waals surface area contributed by atoms with E-state index in [1.54, 1.807) is 0 Å². The summed E-state index contributed by atoms with van der Waals surface area (Å²) in [6, 6.07) is 9.22. The second kappa shape index (κ2) is 13.8. The van der Waals surface area contributed by atoms with Gasteiger partial charge in [-0.3, -0.25) is 4.21 Å². The number of aliphatic imine (C=N–C) groups is 1. The van der Waals surface area contributed by atoms with Crippen LogP contribution < -0.4 is 15.5 Å². The van der Waals surface area contributed by atoms with Crippen LogP contribution in [0, 0.1) is 0 Å². The molecule has 0 aromatic heterocycles. The molecule has 1 aliphatic heterocycles. The number of hydrogen-bond acceptors (Lipinski definition) is 4. The van der Waals surface area contributed by atoms with E-state index < -0.39 is 10.8 Å². The Hall–Kier alpha value is -0.480. The summed E-state index contributed by atoms with van der Waals surface area (Å²) in [7, 11) is -0.696. The van der Waals surface area contributed by atoms with Gasteiger partial charge < -0.3 is 15.5 Å². The molecule has 2 aliphatic rings. The molecule has 1 aromatic carbocycles. The molecule has 1 aromatic rings. The number of nitrogens with one attached hydrogen (secondary N) is 2. The van der Waals surface area contributed by atoms with Crippen molar-refractivity contribution in [1.29, 1.82) is 0 Å². The maximum absolute atomic E-state index is 12.2. The summed E-state index contributed by atoms with van der Waals surface area (Å²) in [5.74, 6) is 4.07. The number of guanidine groups is 1. The molecule has 2 fully saturated rings. The second-order valence-corrected chi connectivity index (χ2v) is 11.0. The van der Waals surface area contributed by atoms with E-state index in [-0.39, 0.29) is 24.0 Å². The van der Waals surface area contributed by atoms with Gasteiger partial charge in [0.05, 0.1) is 6.54 Å². The average molecular weight is 565 g/mol. The number of nitrogens with zero attached hydrogens (tertiary/aromatic N) is 2. The Morgan fingerprint density at radius 2 is 1.93 bits per heavy atom. The van der Waals surface area contributed by atoms with Crippen LogP contribution in [0.2, 0.25) is 0 Å². The average Bonchev–Trinajstić information content (AvgIpc) is 2.78. The van der Waals surface area contributed by atoms with E-state index >= 15 is 0 Å². The van der Waals surface area contributed by atoms with Crippen molar-refractivity contribution in [3.63, 3.8) is 0 Å². The second-order valence-electron chi connectivity index (χ2n) is 7.76. The van der Waals surface area contributed by atoms with Crippen LogP contribution in [0.3, 0.4) is 0 Å². The molecule has 3 unspecified atom stereocenters. The van der Waals surface area contributed by atoms with Gasteiger partial charge in [0, 0.05) is 64.7 Å². The Labute approximate surface area is 206 Å². The largest absolute Gasteiger partial charge is 0.370 e. The SMILES string of the molecule is CCNC(=NCc1ccc(N2CCSCC2)cc1)NC1CCCC(S(=O)CC)C1.I. The lowest BCUT2D eigenvalue weighted by Gasteiger charge is -2.30. The zero-order valence-corrected chi connectivity index (χ0v) is 22.2. The van der Waals surface area contributed by atoms with Crippen LogP contribution in [-0.2, 0) is 17.3 Å². The molecule has 3 rings (SSSR count). The molecule has 8 heteroatoms. The molecule has 30 heavy (non-hydrogen) atoms. The molecule has 1 aliphatic carbocycles. The Balaban J connectivity index is 0.00000320. The first-order chi connectivity index (χ1) is 14.2. The van der Waals surface area contributed by atoms with Gasteiger partial charge in [-0.25, -0.2) is 4.99 Å². The van der Waals surface area contributed by atoms with Crippen molar-refractivity contribution in [3.05, 3.63) is 29.8 Å². The van der Waals surface area contributed by atoms with Crippen molar-refractivity contribution in [2.45, 2.75) is 57.4 Å². The minimum absolute atomic E-state index is 0. The van der Waals surface area contributed by atoms with Gasteiger partial charge in [0.15, 0.2) is 5.96 Å². The van der Waals surface area contributed by atoms with E-state index in [0.29, 0.717) is 17.8 Å². The smallest absolute Gasteiger partial charge is 0.191 e. The van der Waals surface area contributed by atoms with Crippen LogP contribution in [-0.4, -0.2) is 58.4 Å². The van der Waals surface area contributed by atoms with Crippen LogP contribution in [0.1, 0.15) is 45.1 Å². The molecule has 0 radical (unpaired) electrons. The van der Waals surface area contributed by atoms with Crippen molar-refractivity contribution in [2.24, 2.45) is 4.99 Å². The zero-order chi connectivity index (χ0) is 20.5. The molecule has 5 nitrogen and oxygen atoms in total. The number of halogens is 1. The zero-order valence-electron chi connectivity index (χ0n) is 18.3. The molecule has 1 saturated carbocycles. The summed E-state index contributed by atoms with van der Waals surface area (Å²) in [4.78, 5) is 7.28. The number of hydrogen-bond donors (Lipinski definition) is 2. The quantitative estimate of drug-likeness (QED) is 0.298. The van der Waals surface area contributed by atoms with E-state index in [4.69, 9.17) is 4.99 Å². The maximum atomic E-state index is 12.2. The predicted molar refractivity (Wildman–Crippen MR) is 144 cm³/mol. The highest BCUT2D eigenvalue weighted by Crippen LogP contribution is 2.23. The third-order valence-electron chi connectivity index (χ3n) is 5.70. The first-order valence-electron chi connectivity index (χ1n) is 11.0. The predicted octanol–water partition coefficient (Wildman–Crippen LogP) is 3.99. The lowest BCUT2D eigenvalue weighted by molar-refractivity contribution is 0.413. The van der Waals surface area contributed by atoms with Gasteiger partial charge in [0.1, 0.15) is 0 Å². The Morgan fingerprint density at radius 3 is 2.60 bits per heavy atom. The molecular weight excluding hydrogens is 527 g/mol. The molecular formula is C22H37IN4OS2. The monoisotopic (exact) mass is 564 g/mol. The van der Waals surface area contributed by atoms with Crippen molar-refractivity contribution < 1.29 is 4.21 Å². The summed E-state index contributed by atoms with van der Waals surface area (Å²) in [6.45, 7) is 7.91. The van der Waals surface area contributed by atoms with Gasteiger partial charge in [-0.15, -0.1) is 24.0 Å². The van der Waals surface area contributed by atoms with Gasteiger partial charge in [0.25, 0.3) is 0 Å². The summed E-state index contributed by atoms with van der Waals surface area (Å²) in [6.07, 6.45) is 4.34. The minimum atomic E-state index is -0.696. The van der Waals surface area contributed by atoms with Crippen LogP contribution >= 0.6 is 35.7 Å². The van der Waals surface area contributed by atoms with Crippen LogP contribution in [0.4, 0.5) is 5.69 Å². The highest BCUT2D eigenvalue weighted by atomic mass is 127. The van der Waals surface area contributed by atoms with Gasteiger partial charge in [-0.1, -0.05) is 25.5 Å². The molecule has 1 saturated heterocycles. The lowest BCUT2D eigenvalue weighted by Crippen LogP contribution is -2.46. The normalized spacial score (nSPS) is 23.4. The van der Waals surface area contributed by atoms with Crippen molar-refractivity contribution >= 4 is 58.2 Å². The molecule has 0 bridgehead atoms. The fourth-order valence-corrected chi connectivity index (χ4v) is 6.32. The minimum Gasteiger partial charge on any atom is -0.370 e. The standard InChI is InChI=1S/C22H36N4OS2.HI/c1-3-23-22(25-19-6-5-7-21(16-19)29(27)4-2)24-17-18-8-10-20(11-9-18)26-12-14-28-15-13-26;/h8-11,19,21H,3-7,12-17H2,1-2H3,(H2,23,24,25);1H. The molecule has 170 valence electrons. The summed E-state index contributed by atoms with van der Waals surface area (Å²) >= 11 is 2.04. The Kier molecular flexibility index (Phi) is 11.9. The topological polar surface area (TPSA) is 56.7 Å². The Bertz CT molecular complexity index is 680. The van der Waals surface area contributed by atoms with E-state index in [0.717, 1.165) is 57.0 Å². The van der Waals surface area contributed by atoms with Crippen LogP contribution in [0.5, 0.6) is 0 Å². The lowest BCUT2D eigenvalue weighted by atomic mass is 9.95. The van der Waals surface area contributed by atoms with E-state index in [2.05, 4.69) is 46.7 Å². The van der Waals surface area contributed by atoms with Gasteiger partial charge in [-0.05, 0) is 43.9 Å². The molecule has 0 spiro atoms. The highest BCUT2D eigenvalue weighted by Gasteiger charge is 2.26. The number of anilines is 1. The fourth-order valence-electron chi connectivity index (χ4n) is 4.07. The summed E-state index contributed by atoms with van der Waals surface area (Å²) < 4.78 is 12.2. The number of thioether (sulfide) groups is 1. The highest BCUT2D eigenvalue weighted by molar-refractivity contribution is 14.0. The first-order valence-corrected chi connectivity index (χ1v) is 13.6. The van der Waals surface area contributed by atoms with Gasteiger partial charge >= 0.3 is 0 Å². The molecule has 3 atom stereocenters. The summed E-state index contributed by atoms with van der Waals surface area (Å²) in [5.41, 5.74) is 2.55.